The summed E-state index contributed by atoms with van der Waals surface area (Å²) in [5.41, 5.74) is 1.44. The molecule has 0 unspecified atom stereocenters. The van der Waals surface area contributed by atoms with Crippen molar-refractivity contribution in [2.45, 2.75) is 6.54 Å². The van der Waals surface area contributed by atoms with Gasteiger partial charge in [-0.1, -0.05) is 23.7 Å². The Morgan fingerprint density at radius 1 is 1.00 bits per heavy atom. The van der Waals surface area contributed by atoms with Gasteiger partial charge in [-0.3, -0.25) is 10.1 Å². The van der Waals surface area contributed by atoms with Gasteiger partial charge in [-0.2, -0.15) is 0 Å². The summed E-state index contributed by atoms with van der Waals surface area (Å²) in [5, 5.41) is 22.9. The molecule has 0 heterocycles. The van der Waals surface area contributed by atoms with Crippen LogP contribution in [-0.2, 0) is 6.54 Å². The number of hydroxylamine groups is 1. The number of rotatable bonds is 4. The molecule has 2 aromatic rings. The van der Waals surface area contributed by atoms with Gasteiger partial charge in [0.25, 0.3) is 5.69 Å². The number of halogens is 1. The van der Waals surface area contributed by atoms with Crippen LogP contribution in [-0.4, -0.2) is 15.9 Å². The molecule has 0 aliphatic carbocycles. The molecule has 5 nitrogen and oxygen atoms in total. The van der Waals surface area contributed by atoms with Gasteiger partial charge in [0.1, 0.15) is 0 Å². The number of nitrogens with zero attached hydrogens (tertiary/aromatic N) is 2. The van der Waals surface area contributed by atoms with Gasteiger partial charge < -0.3 is 5.21 Å². The Labute approximate surface area is 120 Å². The molecule has 0 radical (unpaired) electrons. The minimum atomic E-state index is -0.480. The van der Waals surface area contributed by atoms with Crippen molar-refractivity contribution in [3.8, 4) is 0 Å². The Kier molecular flexibility index (Phi) is 4.32. The van der Waals surface area contributed by atoms with E-state index in [9.17, 15) is 15.3 Å². The first kappa shape index (κ1) is 14.0. The van der Waals surface area contributed by atoms with Crippen LogP contribution in [0.25, 0.3) is 0 Å². The second-order valence-electron chi connectivity index (χ2n) is 4.18. The van der Waals surface area contributed by atoms with Gasteiger partial charge in [0, 0.05) is 28.3 Å². The summed E-state index contributed by atoms with van der Waals surface area (Å²) in [6.45, 7) is 0.189. The lowest BCUT2D eigenvalue weighted by Crippen LogP contribution is -2.05. The van der Waals surface area contributed by atoms with Crippen LogP contribution in [0.2, 0.25) is 5.02 Å². The summed E-state index contributed by atoms with van der Waals surface area (Å²) < 4.78 is 0.768. The van der Waals surface area contributed by atoms with Crippen molar-refractivity contribution in [1.29, 1.82) is 0 Å². The van der Waals surface area contributed by atoms with E-state index >= 15 is 0 Å². The topological polar surface area (TPSA) is 69.2 Å². The third-order valence-electron chi connectivity index (χ3n) is 2.65. The summed E-state index contributed by atoms with van der Waals surface area (Å²) in [6.07, 6.45) is 1.39. The summed E-state index contributed by atoms with van der Waals surface area (Å²) in [5.74, 6) is 0. The first-order chi connectivity index (χ1) is 9.54. The van der Waals surface area contributed by atoms with Gasteiger partial charge in [-0.05, 0) is 24.3 Å². The molecule has 0 saturated heterocycles. The van der Waals surface area contributed by atoms with Crippen molar-refractivity contribution in [3.63, 3.8) is 0 Å². The van der Waals surface area contributed by atoms with Crippen molar-refractivity contribution in [2.24, 2.45) is 0 Å². The molecule has 0 atom stereocenters. The van der Waals surface area contributed by atoms with Gasteiger partial charge in [0.15, 0.2) is 12.8 Å². The highest BCUT2D eigenvalue weighted by Gasteiger charge is 2.05. The normalized spacial score (nSPS) is 11.3. The van der Waals surface area contributed by atoms with Crippen LogP contribution >= 0.6 is 11.6 Å². The predicted octanol–water partition coefficient (Wildman–Crippen LogP) is 3.38. The van der Waals surface area contributed by atoms with E-state index in [4.69, 9.17) is 11.6 Å². The molecule has 2 aromatic carbocycles. The monoisotopic (exact) mass is 290 g/mol. The van der Waals surface area contributed by atoms with E-state index in [1.54, 1.807) is 24.3 Å². The van der Waals surface area contributed by atoms with Gasteiger partial charge in [-0.15, -0.1) is 0 Å². The van der Waals surface area contributed by atoms with Crippen LogP contribution in [0.1, 0.15) is 11.1 Å². The first-order valence-electron chi connectivity index (χ1n) is 5.82. The molecule has 2 rings (SSSR count). The van der Waals surface area contributed by atoms with Crippen LogP contribution in [0, 0.1) is 15.3 Å². The molecule has 0 spiro atoms. The van der Waals surface area contributed by atoms with E-state index in [1.807, 2.05) is 0 Å². The number of non-ortho nitro benzene ring substituents is 1. The summed E-state index contributed by atoms with van der Waals surface area (Å²) in [4.78, 5) is 10.0. The molecular formula is C14H11ClN2O3. The predicted molar refractivity (Wildman–Crippen MR) is 77.0 cm³/mol. The second-order valence-corrected chi connectivity index (χ2v) is 4.62. The van der Waals surface area contributed by atoms with E-state index in [1.165, 1.54) is 30.5 Å². The molecule has 0 aliphatic rings. The zero-order valence-corrected chi connectivity index (χ0v) is 11.2. The zero-order valence-electron chi connectivity index (χ0n) is 10.4. The van der Waals surface area contributed by atoms with E-state index in [2.05, 4.69) is 0 Å². The van der Waals surface area contributed by atoms with E-state index in [-0.39, 0.29) is 12.2 Å². The maximum atomic E-state index is 11.8. The molecule has 0 N–H and O–H groups in total. The first-order valence-corrected chi connectivity index (χ1v) is 6.20. The number of nitro groups is 1. The third-order valence-corrected chi connectivity index (χ3v) is 2.90. The Morgan fingerprint density at radius 3 is 2.15 bits per heavy atom. The molecule has 102 valence electrons. The van der Waals surface area contributed by atoms with Gasteiger partial charge in [-0.25, -0.2) is 4.74 Å². The van der Waals surface area contributed by atoms with Crippen LogP contribution in [0.3, 0.4) is 0 Å². The largest absolute Gasteiger partial charge is 0.624 e. The number of benzene rings is 2. The minimum Gasteiger partial charge on any atom is -0.624 e. The standard InChI is InChI=1S/C14H11ClN2O3/c15-13-5-1-11(2-6-13)9-16(18)10-12-3-7-14(8-4-12)17(19)20/h1-8,10H,9H2. The Hall–Kier alpha value is -2.40. The van der Waals surface area contributed by atoms with E-state index in [0.717, 1.165) is 10.3 Å². The lowest BCUT2D eigenvalue weighted by Gasteiger charge is -2.04. The van der Waals surface area contributed by atoms with E-state index in [0.29, 0.717) is 10.6 Å². The molecule has 0 aliphatic heterocycles. The molecular weight excluding hydrogens is 280 g/mol. The van der Waals surface area contributed by atoms with E-state index < -0.39 is 4.92 Å². The van der Waals surface area contributed by atoms with Gasteiger partial charge in [0.05, 0.1) is 4.92 Å². The van der Waals surface area contributed by atoms with Crippen LogP contribution < -0.4 is 0 Å². The molecule has 0 aromatic heterocycles. The lowest BCUT2D eigenvalue weighted by molar-refractivity contribution is -0.469. The highest BCUT2D eigenvalue weighted by molar-refractivity contribution is 6.30. The smallest absolute Gasteiger partial charge is 0.269 e. The van der Waals surface area contributed by atoms with Crippen LogP contribution in [0.15, 0.2) is 48.5 Å². The number of hydrogen-bond donors (Lipinski definition) is 0. The Bertz CT molecular complexity index is 636. The minimum absolute atomic E-state index is 0.00250. The second kappa shape index (κ2) is 6.16. The highest BCUT2D eigenvalue weighted by Crippen LogP contribution is 2.12. The fourth-order valence-corrected chi connectivity index (χ4v) is 1.79. The molecule has 0 fully saturated rings. The third kappa shape index (κ3) is 3.80. The van der Waals surface area contributed by atoms with Crippen molar-refractivity contribution < 1.29 is 9.66 Å². The summed E-state index contributed by atoms with van der Waals surface area (Å²) >= 11 is 5.76. The SMILES string of the molecule is O=[N+]([O-])c1ccc(C=[N+]([O-])Cc2ccc(Cl)cc2)cc1. The number of hydrogen-bond acceptors (Lipinski definition) is 3. The van der Waals surface area contributed by atoms with Crippen molar-refractivity contribution in [2.75, 3.05) is 0 Å². The summed E-state index contributed by atoms with van der Waals surface area (Å²) in [6, 6.07) is 12.8. The summed E-state index contributed by atoms with van der Waals surface area (Å²) in [7, 11) is 0. The van der Waals surface area contributed by atoms with Crippen molar-refractivity contribution in [3.05, 3.63) is 80.0 Å². The van der Waals surface area contributed by atoms with Gasteiger partial charge in [0.2, 0.25) is 0 Å². The molecule has 0 bridgehead atoms. The average Bonchev–Trinajstić information content (AvgIpc) is 2.42. The fourth-order valence-electron chi connectivity index (χ4n) is 1.66. The van der Waals surface area contributed by atoms with Crippen molar-refractivity contribution in [1.82, 2.24) is 0 Å². The quantitative estimate of drug-likeness (QED) is 0.285. The molecule has 6 heteroatoms. The van der Waals surface area contributed by atoms with Crippen molar-refractivity contribution >= 4 is 23.5 Å². The zero-order chi connectivity index (χ0) is 14.5. The molecule has 0 saturated carbocycles. The van der Waals surface area contributed by atoms with Crippen LogP contribution in [0.5, 0.6) is 0 Å². The van der Waals surface area contributed by atoms with Crippen LogP contribution in [0.4, 0.5) is 5.69 Å². The Morgan fingerprint density at radius 2 is 1.60 bits per heavy atom. The number of nitro benzene ring substituents is 1. The maximum Gasteiger partial charge on any atom is 0.269 e. The Balaban J connectivity index is 2.09. The average molecular weight is 291 g/mol. The molecule has 0 amide bonds. The van der Waals surface area contributed by atoms with Gasteiger partial charge >= 0.3 is 0 Å². The maximum absolute atomic E-state index is 11.8. The highest BCUT2D eigenvalue weighted by atomic mass is 35.5. The lowest BCUT2D eigenvalue weighted by atomic mass is 10.2. The fraction of sp³-hybridized carbons (Fsp3) is 0.0714. The molecule has 20 heavy (non-hydrogen) atoms.